The van der Waals surface area contributed by atoms with Crippen LogP contribution in [-0.2, 0) is 0 Å². The fraction of sp³-hybridized carbons (Fsp3) is 0.667. The van der Waals surface area contributed by atoms with Gasteiger partial charge in [0.15, 0.2) is 0 Å². The quantitative estimate of drug-likeness (QED) is 0.517. The second-order valence-corrected chi connectivity index (χ2v) is 6.01. The lowest BCUT2D eigenvalue weighted by Crippen LogP contribution is -2.23. The van der Waals surface area contributed by atoms with Gasteiger partial charge < -0.3 is 0 Å². The molecule has 0 aliphatic rings. The van der Waals surface area contributed by atoms with E-state index in [0.717, 1.165) is 12.0 Å². The smallest absolute Gasteiger partial charge is 0.00513 e. The molecule has 14 heavy (non-hydrogen) atoms. The Morgan fingerprint density at radius 2 is 1.57 bits per heavy atom. The molecule has 0 aromatic carbocycles. The normalized spacial score (nSPS) is 13.9. The summed E-state index contributed by atoms with van der Waals surface area (Å²) in [4.78, 5) is 0. The van der Waals surface area contributed by atoms with E-state index in [1.165, 1.54) is 0 Å². The Morgan fingerprint density at radius 3 is 1.86 bits per heavy atom. The Morgan fingerprint density at radius 1 is 1.07 bits per heavy atom. The molecule has 0 rings (SSSR count). The van der Waals surface area contributed by atoms with Gasteiger partial charge in [-0.25, -0.2) is 0 Å². The Labute approximate surface area is 98.8 Å². The number of thiocarbonyl (C=S) groups is 2. The summed E-state index contributed by atoms with van der Waals surface area (Å²) in [7, 11) is 0. The van der Waals surface area contributed by atoms with Crippen LogP contribution in [0, 0.1) is 10.8 Å². The molecule has 0 N–H and O–H groups in total. The maximum absolute atomic E-state index is 5.02. The molecule has 0 aromatic heterocycles. The first-order valence-corrected chi connectivity index (χ1v) is 5.78. The Kier molecular flexibility index (Phi) is 5.10. The fourth-order valence-corrected chi connectivity index (χ4v) is 2.47. The van der Waals surface area contributed by atoms with Crippen molar-refractivity contribution in [3.8, 4) is 0 Å². The molecular weight excluding hydrogens is 208 g/mol. The van der Waals surface area contributed by atoms with E-state index < -0.39 is 0 Å². The molecule has 0 aliphatic heterocycles. The third-order valence-corrected chi connectivity index (χ3v) is 2.52. The summed E-state index contributed by atoms with van der Waals surface area (Å²) in [5.74, 6) is 0. The van der Waals surface area contributed by atoms with Gasteiger partial charge in [0.2, 0.25) is 0 Å². The first-order chi connectivity index (χ1) is 6.23. The van der Waals surface area contributed by atoms with Crippen LogP contribution in [0.5, 0.6) is 0 Å². The maximum atomic E-state index is 5.02. The molecule has 0 nitrogen and oxygen atoms in total. The predicted octanol–water partition coefficient (Wildman–Crippen LogP) is 4.37. The van der Waals surface area contributed by atoms with Gasteiger partial charge in [0.1, 0.15) is 0 Å². The van der Waals surface area contributed by atoms with E-state index in [1.807, 2.05) is 6.08 Å². The number of rotatable bonds is 4. The van der Waals surface area contributed by atoms with Crippen molar-refractivity contribution in [3.05, 3.63) is 11.6 Å². The van der Waals surface area contributed by atoms with Crippen molar-refractivity contribution in [2.75, 3.05) is 0 Å². The van der Waals surface area contributed by atoms with E-state index in [9.17, 15) is 0 Å². The molecule has 0 atom stereocenters. The van der Waals surface area contributed by atoms with Crippen molar-refractivity contribution < 1.29 is 0 Å². The molecule has 0 saturated carbocycles. The molecule has 0 bridgehead atoms. The van der Waals surface area contributed by atoms with Crippen LogP contribution < -0.4 is 0 Å². The molecule has 0 amide bonds. The first kappa shape index (κ1) is 13.9. The van der Waals surface area contributed by atoms with Crippen LogP contribution in [0.4, 0.5) is 0 Å². The second-order valence-electron chi connectivity index (χ2n) is 5.50. The zero-order chi connectivity index (χ0) is 11.4. The highest BCUT2D eigenvalue weighted by atomic mass is 32.1. The molecule has 0 spiro atoms. The van der Waals surface area contributed by atoms with Gasteiger partial charge in [-0.1, -0.05) is 59.1 Å². The zero-order valence-electron chi connectivity index (χ0n) is 9.76. The largest absolute Gasteiger partial charge is 0.0887 e. The lowest BCUT2D eigenvalue weighted by molar-refractivity contribution is 0.257. The Balaban J connectivity index is 4.83. The van der Waals surface area contributed by atoms with E-state index in [1.54, 1.807) is 10.7 Å². The topological polar surface area (TPSA) is 0 Å². The Bertz CT molecular complexity index is 242. The van der Waals surface area contributed by atoms with E-state index >= 15 is 0 Å². The van der Waals surface area contributed by atoms with Crippen molar-refractivity contribution >= 4 is 35.2 Å². The van der Waals surface area contributed by atoms with Gasteiger partial charge in [0.25, 0.3) is 0 Å². The molecular formula is C12H20S2. The van der Waals surface area contributed by atoms with Crippen molar-refractivity contribution in [1.29, 1.82) is 0 Å². The lowest BCUT2D eigenvalue weighted by Gasteiger charge is -2.33. The summed E-state index contributed by atoms with van der Waals surface area (Å²) in [5, 5.41) is 3.39. The average molecular weight is 228 g/mol. The minimum atomic E-state index is 0.106. The van der Waals surface area contributed by atoms with Crippen LogP contribution in [0.15, 0.2) is 11.6 Å². The molecule has 80 valence electrons. The van der Waals surface area contributed by atoms with Crippen molar-refractivity contribution in [2.45, 2.75) is 41.0 Å². The lowest BCUT2D eigenvalue weighted by atomic mass is 9.72. The van der Waals surface area contributed by atoms with E-state index in [0.29, 0.717) is 5.41 Å². The molecule has 0 heterocycles. The predicted molar refractivity (Wildman–Crippen MR) is 73.2 cm³/mol. The molecule has 0 unspecified atom stereocenters. The minimum Gasteiger partial charge on any atom is -0.0887 e. The van der Waals surface area contributed by atoms with Gasteiger partial charge in [0, 0.05) is 10.7 Å². The van der Waals surface area contributed by atoms with Crippen molar-refractivity contribution in [2.24, 2.45) is 10.8 Å². The van der Waals surface area contributed by atoms with E-state index in [-0.39, 0.29) is 5.41 Å². The summed E-state index contributed by atoms with van der Waals surface area (Å²) in [5.41, 5.74) is 1.56. The average Bonchev–Trinajstić information content (AvgIpc) is 1.94. The van der Waals surface area contributed by atoms with Gasteiger partial charge in [-0.15, -0.1) is 0 Å². The molecule has 0 fully saturated rings. The van der Waals surface area contributed by atoms with E-state index in [4.69, 9.17) is 24.4 Å². The van der Waals surface area contributed by atoms with Gasteiger partial charge in [-0.2, -0.15) is 0 Å². The summed E-state index contributed by atoms with van der Waals surface area (Å²) < 4.78 is 0. The summed E-state index contributed by atoms with van der Waals surface area (Å²) in [6.07, 6.45) is 3.04. The third-order valence-electron chi connectivity index (χ3n) is 2.13. The summed E-state index contributed by atoms with van der Waals surface area (Å²) >= 11 is 9.85. The van der Waals surface area contributed by atoms with Crippen molar-refractivity contribution in [3.63, 3.8) is 0 Å². The monoisotopic (exact) mass is 228 g/mol. The van der Waals surface area contributed by atoms with Gasteiger partial charge in [-0.3, -0.25) is 0 Å². The number of hydrogen-bond donors (Lipinski definition) is 0. The zero-order valence-corrected chi connectivity index (χ0v) is 11.4. The van der Waals surface area contributed by atoms with Crippen LogP contribution in [0.2, 0.25) is 0 Å². The van der Waals surface area contributed by atoms with Crippen LogP contribution in [0.1, 0.15) is 41.0 Å². The third kappa shape index (κ3) is 4.97. The molecule has 0 aromatic rings. The summed E-state index contributed by atoms with van der Waals surface area (Å²) in [6, 6.07) is 0. The van der Waals surface area contributed by atoms with Crippen LogP contribution in [0.3, 0.4) is 0 Å². The Hall–Kier alpha value is -0.0800. The van der Waals surface area contributed by atoms with Crippen LogP contribution in [0.25, 0.3) is 0 Å². The highest BCUT2D eigenvalue weighted by Crippen LogP contribution is 2.37. The molecule has 0 saturated heterocycles. The molecule has 0 radical (unpaired) electrons. The fourth-order valence-electron chi connectivity index (χ4n) is 1.93. The van der Waals surface area contributed by atoms with Crippen molar-refractivity contribution in [1.82, 2.24) is 0 Å². The second kappa shape index (κ2) is 5.13. The van der Waals surface area contributed by atoms with Gasteiger partial charge >= 0.3 is 0 Å². The molecule has 0 aliphatic carbocycles. The van der Waals surface area contributed by atoms with Crippen LogP contribution in [-0.4, -0.2) is 10.7 Å². The van der Waals surface area contributed by atoms with E-state index in [2.05, 4.69) is 34.6 Å². The van der Waals surface area contributed by atoms with Crippen LogP contribution >= 0.6 is 24.4 Å². The minimum absolute atomic E-state index is 0.106. The maximum Gasteiger partial charge on any atom is 0.00513 e. The highest BCUT2D eigenvalue weighted by molar-refractivity contribution is 7.79. The van der Waals surface area contributed by atoms with Gasteiger partial charge in [-0.05, 0) is 28.9 Å². The number of allylic oxidation sites excluding steroid dienone is 2. The summed E-state index contributed by atoms with van der Waals surface area (Å²) in [6.45, 7) is 11.2. The highest BCUT2D eigenvalue weighted by Gasteiger charge is 2.27. The standard InChI is InChI=1S/C12H20S2/c1-11(2,3)9-12(4,5)10(8-14)6-7-13/h6-8H,9H2,1-5H3/b10-6+. The van der Waals surface area contributed by atoms with Gasteiger partial charge in [0.05, 0.1) is 0 Å². The SMILES string of the molecule is CC(C)(C)CC(C)(C)/C(C=S)=C/C=S. The number of hydrogen-bond acceptors (Lipinski definition) is 2. The molecule has 2 heteroatoms. The first-order valence-electron chi connectivity index (χ1n) is 4.84.